The van der Waals surface area contributed by atoms with Crippen LogP contribution in [-0.2, 0) is 16.0 Å². The lowest BCUT2D eigenvalue weighted by Gasteiger charge is -2.35. The highest BCUT2D eigenvalue weighted by molar-refractivity contribution is 7.18. The number of fused-ring (bicyclic) bond motifs is 2. The average Bonchev–Trinajstić information content (AvgIpc) is 3.21. The van der Waals surface area contributed by atoms with Gasteiger partial charge in [-0.2, -0.15) is 0 Å². The Labute approximate surface area is 180 Å². The molecule has 1 fully saturated rings. The zero-order chi connectivity index (χ0) is 20.5. The number of nitrogens with zero attached hydrogens (tertiary/aromatic N) is 2. The number of benzene rings is 2. The summed E-state index contributed by atoms with van der Waals surface area (Å²) in [6.07, 6.45) is 4.81. The predicted molar refractivity (Wildman–Crippen MR) is 119 cm³/mol. The highest BCUT2D eigenvalue weighted by atomic mass is 32.1. The largest absolute Gasteiger partial charge is 0.333 e. The lowest BCUT2D eigenvalue weighted by molar-refractivity contribution is -0.135. The quantitative estimate of drug-likeness (QED) is 0.651. The van der Waals surface area contributed by atoms with Crippen LogP contribution in [0.4, 0.5) is 5.69 Å². The first-order valence-electron chi connectivity index (χ1n) is 10.7. The van der Waals surface area contributed by atoms with Crippen molar-refractivity contribution in [2.45, 2.75) is 44.6 Å². The number of aromatic nitrogens is 1. The topological polar surface area (TPSA) is 62.3 Å². The van der Waals surface area contributed by atoms with E-state index in [0.29, 0.717) is 19.3 Å². The molecule has 1 aromatic heterocycles. The Kier molecular flexibility index (Phi) is 5.25. The van der Waals surface area contributed by atoms with Gasteiger partial charge in [0.2, 0.25) is 11.8 Å². The normalized spacial score (nSPS) is 21.3. The second-order valence-corrected chi connectivity index (χ2v) is 9.27. The smallest absolute Gasteiger partial charge is 0.227 e. The zero-order valence-electron chi connectivity index (χ0n) is 16.8. The minimum Gasteiger partial charge on any atom is -0.333 e. The van der Waals surface area contributed by atoms with Crippen LogP contribution in [0.1, 0.15) is 48.7 Å². The summed E-state index contributed by atoms with van der Waals surface area (Å²) >= 11 is 1.69. The van der Waals surface area contributed by atoms with E-state index >= 15 is 0 Å². The minimum atomic E-state index is -0.144. The first-order valence-corrected chi connectivity index (χ1v) is 11.5. The fourth-order valence-corrected chi connectivity index (χ4v) is 5.72. The molecule has 0 unspecified atom stereocenters. The molecule has 6 heteroatoms. The zero-order valence-corrected chi connectivity index (χ0v) is 17.7. The van der Waals surface area contributed by atoms with Crippen molar-refractivity contribution in [2.24, 2.45) is 5.92 Å². The van der Waals surface area contributed by atoms with Crippen molar-refractivity contribution in [2.75, 3.05) is 11.9 Å². The SMILES string of the molecule is O=C1Nc2ccccc2C[C@@H]1CCC(=O)N1CCCC[C@@H]1c1nc2ccccc2s1. The van der Waals surface area contributed by atoms with Crippen LogP contribution in [0.5, 0.6) is 0 Å². The number of para-hydroxylation sites is 2. The van der Waals surface area contributed by atoms with Gasteiger partial charge in [-0.15, -0.1) is 11.3 Å². The number of carbonyl (C=O) groups is 2. The molecule has 5 nitrogen and oxygen atoms in total. The third-order valence-corrected chi connectivity index (χ3v) is 7.38. The van der Waals surface area contributed by atoms with E-state index in [1.165, 1.54) is 4.70 Å². The van der Waals surface area contributed by atoms with Crippen LogP contribution in [0, 0.1) is 5.92 Å². The second-order valence-electron chi connectivity index (χ2n) is 8.20. The van der Waals surface area contributed by atoms with Gasteiger partial charge >= 0.3 is 0 Å². The fraction of sp³-hybridized carbons (Fsp3) is 0.375. The Balaban J connectivity index is 1.28. The van der Waals surface area contributed by atoms with Crippen molar-refractivity contribution in [3.63, 3.8) is 0 Å². The highest BCUT2D eigenvalue weighted by Crippen LogP contribution is 2.36. The maximum atomic E-state index is 13.2. The lowest BCUT2D eigenvalue weighted by atomic mass is 9.89. The monoisotopic (exact) mass is 419 g/mol. The van der Waals surface area contributed by atoms with Crippen LogP contribution in [0.25, 0.3) is 10.2 Å². The molecule has 154 valence electrons. The summed E-state index contributed by atoms with van der Waals surface area (Å²) in [5.41, 5.74) is 3.06. The maximum absolute atomic E-state index is 13.2. The number of rotatable bonds is 4. The Hall–Kier alpha value is -2.73. The lowest BCUT2D eigenvalue weighted by Crippen LogP contribution is -2.39. The molecule has 2 aliphatic rings. The van der Waals surface area contributed by atoms with E-state index in [0.717, 1.165) is 47.6 Å². The van der Waals surface area contributed by atoms with Crippen molar-refractivity contribution in [1.82, 2.24) is 9.88 Å². The van der Waals surface area contributed by atoms with Crippen molar-refractivity contribution in [3.05, 3.63) is 59.1 Å². The van der Waals surface area contributed by atoms with Gasteiger partial charge in [0.1, 0.15) is 5.01 Å². The molecule has 0 aliphatic carbocycles. The highest BCUT2D eigenvalue weighted by Gasteiger charge is 2.32. The first kappa shape index (κ1) is 19.2. The molecule has 30 heavy (non-hydrogen) atoms. The molecular formula is C24H25N3O2S. The number of hydrogen-bond donors (Lipinski definition) is 1. The van der Waals surface area contributed by atoms with Gasteiger partial charge in [-0.05, 0) is 55.9 Å². The van der Waals surface area contributed by atoms with Gasteiger partial charge in [0.05, 0.1) is 16.3 Å². The van der Waals surface area contributed by atoms with Crippen LogP contribution >= 0.6 is 11.3 Å². The Morgan fingerprint density at radius 1 is 1.13 bits per heavy atom. The molecule has 2 atom stereocenters. The van der Waals surface area contributed by atoms with E-state index in [-0.39, 0.29) is 23.8 Å². The maximum Gasteiger partial charge on any atom is 0.227 e. The minimum absolute atomic E-state index is 0.0304. The van der Waals surface area contributed by atoms with Crippen LogP contribution in [-0.4, -0.2) is 28.2 Å². The third-order valence-electron chi connectivity index (χ3n) is 6.24. The molecule has 3 heterocycles. The Bertz CT molecular complexity index is 1060. The molecule has 2 aliphatic heterocycles. The summed E-state index contributed by atoms with van der Waals surface area (Å²) in [7, 11) is 0. The summed E-state index contributed by atoms with van der Waals surface area (Å²) in [6.45, 7) is 0.777. The van der Waals surface area contributed by atoms with Crippen molar-refractivity contribution < 1.29 is 9.59 Å². The van der Waals surface area contributed by atoms with Crippen LogP contribution in [0.15, 0.2) is 48.5 Å². The molecule has 2 aromatic carbocycles. The molecule has 0 bridgehead atoms. The number of anilines is 1. The molecule has 0 radical (unpaired) electrons. The van der Waals surface area contributed by atoms with Crippen molar-refractivity contribution in [3.8, 4) is 0 Å². The summed E-state index contributed by atoms with van der Waals surface area (Å²) in [6, 6.07) is 16.1. The average molecular weight is 420 g/mol. The van der Waals surface area contributed by atoms with Gasteiger partial charge in [0.25, 0.3) is 0 Å². The molecule has 3 aromatic rings. The number of likely N-dealkylation sites (tertiary alicyclic amines) is 1. The van der Waals surface area contributed by atoms with Crippen LogP contribution < -0.4 is 5.32 Å². The first-order chi connectivity index (χ1) is 14.7. The van der Waals surface area contributed by atoms with E-state index in [9.17, 15) is 9.59 Å². The predicted octanol–water partition coefficient (Wildman–Crippen LogP) is 4.94. The van der Waals surface area contributed by atoms with E-state index in [4.69, 9.17) is 4.98 Å². The summed E-state index contributed by atoms with van der Waals surface area (Å²) in [4.78, 5) is 32.5. The summed E-state index contributed by atoms with van der Waals surface area (Å²) < 4.78 is 1.17. The van der Waals surface area contributed by atoms with Crippen LogP contribution in [0.2, 0.25) is 0 Å². The Morgan fingerprint density at radius 2 is 1.97 bits per heavy atom. The number of thiazole rings is 1. The molecule has 1 N–H and O–H groups in total. The molecule has 0 saturated carbocycles. The van der Waals surface area contributed by atoms with Gasteiger partial charge in [-0.3, -0.25) is 9.59 Å². The van der Waals surface area contributed by atoms with E-state index in [1.807, 2.05) is 41.3 Å². The van der Waals surface area contributed by atoms with Crippen molar-refractivity contribution >= 4 is 39.1 Å². The molecule has 1 saturated heterocycles. The van der Waals surface area contributed by atoms with Gasteiger partial charge in [0, 0.05) is 24.6 Å². The standard InChI is InChI=1S/C24H25N3O2S/c28-22(13-12-17-15-16-7-1-2-8-18(16)25-23(17)29)27-14-6-5-10-20(27)24-26-19-9-3-4-11-21(19)30-24/h1-4,7-9,11,17,20H,5-6,10,12-15H2,(H,25,29)/t17-,20+/m0/s1. The Morgan fingerprint density at radius 3 is 2.87 bits per heavy atom. The van der Waals surface area contributed by atoms with Gasteiger partial charge in [-0.25, -0.2) is 4.98 Å². The molecule has 5 rings (SSSR count). The van der Waals surface area contributed by atoms with E-state index in [2.05, 4.69) is 17.4 Å². The molecule has 2 amide bonds. The number of piperidine rings is 1. The van der Waals surface area contributed by atoms with Crippen LogP contribution in [0.3, 0.4) is 0 Å². The van der Waals surface area contributed by atoms with Gasteiger partial charge < -0.3 is 10.2 Å². The number of hydrogen-bond acceptors (Lipinski definition) is 4. The second kappa shape index (κ2) is 8.19. The van der Waals surface area contributed by atoms with E-state index < -0.39 is 0 Å². The van der Waals surface area contributed by atoms with Crippen molar-refractivity contribution in [1.29, 1.82) is 0 Å². The van der Waals surface area contributed by atoms with Gasteiger partial charge in [0.15, 0.2) is 0 Å². The molecular weight excluding hydrogens is 394 g/mol. The summed E-state index contributed by atoms with van der Waals surface area (Å²) in [5, 5.41) is 4.03. The third kappa shape index (κ3) is 3.72. The van der Waals surface area contributed by atoms with Gasteiger partial charge in [-0.1, -0.05) is 30.3 Å². The number of carbonyl (C=O) groups excluding carboxylic acids is 2. The fourth-order valence-electron chi connectivity index (χ4n) is 4.61. The molecule has 0 spiro atoms. The summed E-state index contributed by atoms with van der Waals surface area (Å²) in [5.74, 6) is 0.0306. The van der Waals surface area contributed by atoms with E-state index in [1.54, 1.807) is 11.3 Å². The number of nitrogens with one attached hydrogen (secondary N) is 1. The number of amides is 2.